The van der Waals surface area contributed by atoms with Gasteiger partial charge in [0, 0.05) is 33.5 Å². The molecule has 0 spiro atoms. The molecule has 0 atom stereocenters. The van der Waals surface area contributed by atoms with E-state index in [1.807, 2.05) is 0 Å². The van der Waals surface area contributed by atoms with E-state index in [0.717, 1.165) is 17.1 Å². The Hall–Kier alpha value is -7.94. The molecule has 1 heterocycles. The lowest BCUT2D eigenvalue weighted by molar-refractivity contribution is 1.18. The lowest BCUT2D eigenvalue weighted by Crippen LogP contribution is -2.09. The molecule has 0 fully saturated rings. The normalized spacial score (nSPS) is 11.3. The van der Waals surface area contributed by atoms with Crippen molar-refractivity contribution in [3.8, 4) is 50.2 Å². The van der Waals surface area contributed by atoms with Crippen LogP contribution in [0.15, 0.2) is 243 Å². The van der Waals surface area contributed by atoms with Crippen LogP contribution in [-0.4, -0.2) is 4.57 Å². The summed E-state index contributed by atoms with van der Waals surface area (Å²) in [6.07, 6.45) is 0. The monoisotopic (exact) mass is 764 g/mol. The number of benzene rings is 10. The molecule has 2 heteroatoms. The van der Waals surface area contributed by atoms with E-state index in [9.17, 15) is 0 Å². The van der Waals surface area contributed by atoms with Crippen LogP contribution < -0.4 is 4.90 Å². The maximum absolute atomic E-state index is 2.37. The zero-order valence-electron chi connectivity index (χ0n) is 33.0. The summed E-state index contributed by atoms with van der Waals surface area (Å²) in [5, 5.41) is 5.01. The topological polar surface area (TPSA) is 8.17 Å². The Morgan fingerprint density at radius 1 is 0.267 bits per heavy atom. The second kappa shape index (κ2) is 15.1. The van der Waals surface area contributed by atoms with Crippen molar-refractivity contribution in [3.63, 3.8) is 0 Å². The highest BCUT2D eigenvalue weighted by Crippen LogP contribution is 2.41. The first-order valence-electron chi connectivity index (χ1n) is 20.6. The Labute approximate surface area is 350 Å². The Balaban J connectivity index is 0.945. The molecule has 10 aromatic carbocycles. The van der Waals surface area contributed by atoms with Crippen molar-refractivity contribution in [1.82, 2.24) is 4.57 Å². The number of hydrogen-bond acceptors (Lipinski definition) is 1. The molecule has 60 heavy (non-hydrogen) atoms. The van der Waals surface area contributed by atoms with E-state index in [1.54, 1.807) is 0 Å². The molecule has 0 bridgehead atoms. The van der Waals surface area contributed by atoms with Crippen LogP contribution in [0.1, 0.15) is 0 Å². The zero-order valence-corrected chi connectivity index (χ0v) is 33.0. The maximum Gasteiger partial charge on any atom is 0.0541 e. The first kappa shape index (κ1) is 35.2. The lowest BCUT2D eigenvalue weighted by atomic mass is 9.89. The largest absolute Gasteiger partial charge is 0.311 e. The van der Waals surface area contributed by atoms with Gasteiger partial charge in [0.1, 0.15) is 0 Å². The van der Waals surface area contributed by atoms with Gasteiger partial charge in [0.15, 0.2) is 0 Å². The molecule has 0 radical (unpaired) electrons. The van der Waals surface area contributed by atoms with Crippen molar-refractivity contribution in [2.75, 3.05) is 4.90 Å². The number of hydrogen-bond donors (Lipinski definition) is 0. The highest BCUT2D eigenvalue weighted by Gasteiger charge is 2.17. The molecule has 0 saturated heterocycles. The minimum atomic E-state index is 1.10. The fraction of sp³-hybridized carbons (Fsp3) is 0. The van der Waals surface area contributed by atoms with Gasteiger partial charge in [-0.15, -0.1) is 0 Å². The molecule has 282 valence electrons. The van der Waals surface area contributed by atoms with Gasteiger partial charge >= 0.3 is 0 Å². The Morgan fingerprint density at radius 3 is 1.50 bits per heavy atom. The van der Waals surface area contributed by atoms with Crippen LogP contribution in [-0.2, 0) is 0 Å². The van der Waals surface area contributed by atoms with Crippen LogP contribution in [0.25, 0.3) is 82.8 Å². The van der Waals surface area contributed by atoms with Crippen LogP contribution >= 0.6 is 0 Å². The van der Waals surface area contributed by atoms with E-state index < -0.39 is 0 Å². The van der Waals surface area contributed by atoms with Crippen LogP contribution in [0.2, 0.25) is 0 Å². The predicted octanol–water partition coefficient (Wildman–Crippen LogP) is 16.1. The SMILES string of the molecule is c1ccc(-c2cc(-c3ccc(N(c4ccccc4)c4ccc(-c5ccc6c(c5)c5ccccc5n6-c5ccccc5)cc4)cc3)ccc2-c2cccc3ccccc23)cc1. The van der Waals surface area contributed by atoms with Gasteiger partial charge in [-0.25, -0.2) is 0 Å². The molecule has 11 rings (SSSR count). The number of para-hydroxylation sites is 3. The summed E-state index contributed by atoms with van der Waals surface area (Å²) in [6.45, 7) is 0. The summed E-state index contributed by atoms with van der Waals surface area (Å²) >= 11 is 0. The van der Waals surface area contributed by atoms with Gasteiger partial charge in [-0.05, 0) is 128 Å². The fourth-order valence-corrected chi connectivity index (χ4v) is 8.91. The van der Waals surface area contributed by atoms with E-state index in [4.69, 9.17) is 0 Å². The third-order valence-electron chi connectivity index (χ3n) is 11.8. The highest BCUT2D eigenvalue weighted by atomic mass is 15.1. The number of rotatable bonds is 8. The zero-order chi connectivity index (χ0) is 39.8. The highest BCUT2D eigenvalue weighted by molar-refractivity contribution is 6.10. The predicted molar refractivity (Wildman–Crippen MR) is 255 cm³/mol. The quantitative estimate of drug-likeness (QED) is 0.150. The molecular weight excluding hydrogens is 725 g/mol. The third-order valence-corrected chi connectivity index (χ3v) is 11.8. The summed E-state index contributed by atoms with van der Waals surface area (Å²) < 4.78 is 2.37. The number of fused-ring (bicyclic) bond motifs is 4. The molecule has 0 aliphatic carbocycles. The van der Waals surface area contributed by atoms with Gasteiger partial charge in [0.2, 0.25) is 0 Å². The van der Waals surface area contributed by atoms with Crippen molar-refractivity contribution in [2.45, 2.75) is 0 Å². The molecule has 11 aromatic rings. The van der Waals surface area contributed by atoms with E-state index in [2.05, 4.69) is 252 Å². The average molecular weight is 765 g/mol. The van der Waals surface area contributed by atoms with Crippen molar-refractivity contribution in [2.24, 2.45) is 0 Å². The summed E-state index contributed by atoms with van der Waals surface area (Å²) in [7, 11) is 0. The average Bonchev–Trinajstić information content (AvgIpc) is 3.66. The number of aromatic nitrogens is 1. The molecule has 0 N–H and O–H groups in total. The maximum atomic E-state index is 2.37. The van der Waals surface area contributed by atoms with Crippen LogP contribution in [0.5, 0.6) is 0 Å². The Kier molecular flexibility index (Phi) is 8.87. The van der Waals surface area contributed by atoms with E-state index in [1.165, 1.54) is 82.8 Å². The molecule has 0 amide bonds. The van der Waals surface area contributed by atoms with E-state index in [-0.39, 0.29) is 0 Å². The number of nitrogens with zero attached hydrogens (tertiary/aromatic N) is 2. The van der Waals surface area contributed by atoms with Gasteiger partial charge < -0.3 is 9.47 Å². The summed E-state index contributed by atoms with van der Waals surface area (Å²) in [5.74, 6) is 0. The van der Waals surface area contributed by atoms with Gasteiger partial charge in [0.05, 0.1) is 11.0 Å². The van der Waals surface area contributed by atoms with Gasteiger partial charge in [-0.2, -0.15) is 0 Å². The van der Waals surface area contributed by atoms with Gasteiger partial charge in [-0.1, -0.05) is 170 Å². The summed E-state index contributed by atoms with van der Waals surface area (Å²) in [4.78, 5) is 2.34. The molecule has 0 aliphatic heterocycles. The second-order valence-electron chi connectivity index (χ2n) is 15.3. The molecule has 0 aliphatic rings. The molecule has 0 unspecified atom stereocenters. The minimum Gasteiger partial charge on any atom is -0.311 e. The molecule has 2 nitrogen and oxygen atoms in total. The molecule has 1 aromatic heterocycles. The van der Waals surface area contributed by atoms with Crippen LogP contribution in [0.3, 0.4) is 0 Å². The van der Waals surface area contributed by atoms with Gasteiger partial charge in [0.25, 0.3) is 0 Å². The van der Waals surface area contributed by atoms with Gasteiger partial charge in [-0.3, -0.25) is 0 Å². The fourth-order valence-electron chi connectivity index (χ4n) is 8.91. The Bertz CT molecular complexity index is 3270. The summed E-state index contributed by atoms with van der Waals surface area (Å²) in [5.41, 5.74) is 16.5. The van der Waals surface area contributed by atoms with Crippen LogP contribution in [0.4, 0.5) is 17.1 Å². The standard InChI is InChI=1S/C58H40N2/c1-4-15-44(16-5-1)55-39-45(31-37-53(55)52-25-14-18-43-17-10-11-23-51(43)52)41-27-33-49(34-28-41)59(47-19-6-2-7-20-47)50-35-29-42(30-36-50)46-32-38-58-56(40-46)54-24-12-13-26-57(54)60(58)48-21-8-3-9-22-48/h1-40H. The van der Waals surface area contributed by atoms with Crippen molar-refractivity contribution < 1.29 is 0 Å². The number of anilines is 3. The molecular formula is C58H40N2. The van der Waals surface area contributed by atoms with Crippen LogP contribution in [0, 0.1) is 0 Å². The third kappa shape index (κ3) is 6.32. The van der Waals surface area contributed by atoms with Crippen molar-refractivity contribution >= 4 is 49.6 Å². The van der Waals surface area contributed by atoms with Crippen molar-refractivity contribution in [1.29, 1.82) is 0 Å². The van der Waals surface area contributed by atoms with E-state index in [0.29, 0.717) is 0 Å². The van der Waals surface area contributed by atoms with Crippen molar-refractivity contribution in [3.05, 3.63) is 243 Å². The Morgan fingerprint density at radius 2 is 0.783 bits per heavy atom. The van der Waals surface area contributed by atoms with E-state index >= 15 is 0 Å². The second-order valence-corrected chi connectivity index (χ2v) is 15.3. The first-order valence-corrected chi connectivity index (χ1v) is 20.6. The smallest absolute Gasteiger partial charge is 0.0541 e. The molecule has 0 saturated carbocycles. The minimum absolute atomic E-state index is 1.10. The summed E-state index contributed by atoms with van der Waals surface area (Å²) in [6, 6.07) is 87.7. The first-order chi connectivity index (χ1) is 29.8. The lowest BCUT2D eigenvalue weighted by Gasteiger charge is -2.26.